The second-order valence-corrected chi connectivity index (χ2v) is 7.62. The molecule has 0 aliphatic carbocycles. The number of nitrogens with zero attached hydrogens (tertiary/aromatic N) is 2. The summed E-state index contributed by atoms with van der Waals surface area (Å²) in [5.41, 5.74) is 2.19. The molecular formula is C23H28N2O2. The average molecular weight is 364 g/mol. The van der Waals surface area contributed by atoms with Gasteiger partial charge in [-0.3, -0.25) is 9.69 Å². The van der Waals surface area contributed by atoms with Crippen LogP contribution in [0.5, 0.6) is 5.75 Å². The first-order valence-corrected chi connectivity index (χ1v) is 9.97. The van der Waals surface area contributed by atoms with Crippen molar-refractivity contribution in [1.29, 1.82) is 0 Å². The van der Waals surface area contributed by atoms with E-state index in [-0.39, 0.29) is 11.4 Å². The third kappa shape index (κ3) is 3.46. The van der Waals surface area contributed by atoms with E-state index >= 15 is 0 Å². The highest BCUT2D eigenvalue weighted by Crippen LogP contribution is 2.41. The molecule has 0 unspecified atom stereocenters. The number of hydrogen-bond acceptors (Lipinski definition) is 3. The number of likely N-dealkylation sites (tertiary alicyclic amines) is 2. The van der Waals surface area contributed by atoms with E-state index in [4.69, 9.17) is 4.74 Å². The lowest BCUT2D eigenvalue weighted by Gasteiger charge is -2.48. The zero-order chi connectivity index (χ0) is 18.7. The molecule has 0 atom stereocenters. The Morgan fingerprint density at radius 1 is 0.926 bits per heavy atom. The number of carbonyl (C=O) groups is 1. The molecule has 0 spiro atoms. The maximum atomic E-state index is 13.0. The van der Waals surface area contributed by atoms with Gasteiger partial charge in [0.1, 0.15) is 5.75 Å². The maximum absolute atomic E-state index is 13.0. The van der Waals surface area contributed by atoms with Gasteiger partial charge in [0.15, 0.2) is 0 Å². The smallest absolute Gasteiger partial charge is 0.253 e. The second kappa shape index (κ2) is 7.73. The highest BCUT2D eigenvalue weighted by molar-refractivity contribution is 5.94. The van der Waals surface area contributed by atoms with Crippen molar-refractivity contribution in [1.82, 2.24) is 9.80 Å². The number of amides is 1. The van der Waals surface area contributed by atoms with Crippen molar-refractivity contribution >= 4 is 5.91 Å². The molecule has 142 valence electrons. The van der Waals surface area contributed by atoms with Crippen molar-refractivity contribution in [2.45, 2.75) is 31.2 Å². The highest BCUT2D eigenvalue weighted by atomic mass is 16.5. The van der Waals surface area contributed by atoms with Crippen LogP contribution in [0.4, 0.5) is 0 Å². The van der Waals surface area contributed by atoms with E-state index in [1.165, 1.54) is 31.5 Å². The summed E-state index contributed by atoms with van der Waals surface area (Å²) in [6.45, 7) is 3.92. The average Bonchev–Trinajstić information content (AvgIpc) is 3.29. The topological polar surface area (TPSA) is 32.8 Å². The van der Waals surface area contributed by atoms with E-state index in [0.29, 0.717) is 5.56 Å². The monoisotopic (exact) mass is 364 g/mol. The summed E-state index contributed by atoms with van der Waals surface area (Å²) in [6.07, 6.45) is 4.54. The van der Waals surface area contributed by atoms with Crippen LogP contribution in [0.3, 0.4) is 0 Å². The first-order valence-electron chi connectivity index (χ1n) is 9.97. The van der Waals surface area contributed by atoms with Crippen molar-refractivity contribution in [2.24, 2.45) is 0 Å². The van der Waals surface area contributed by atoms with Crippen molar-refractivity contribution in [2.75, 3.05) is 33.3 Å². The summed E-state index contributed by atoms with van der Waals surface area (Å²) in [4.78, 5) is 17.7. The molecule has 2 fully saturated rings. The fourth-order valence-corrected chi connectivity index (χ4v) is 4.70. The van der Waals surface area contributed by atoms with Gasteiger partial charge >= 0.3 is 0 Å². The van der Waals surface area contributed by atoms with Crippen LogP contribution in [-0.4, -0.2) is 49.0 Å². The van der Waals surface area contributed by atoms with E-state index in [9.17, 15) is 4.79 Å². The highest BCUT2D eigenvalue weighted by Gasteiger charge is 2.43. The van der Waals surface area contributed by atoms with Crippen molar-refractivity contribution in [3.63, 3.8) is 0 Å². The molecule has 0 N–H and O–H groups in total. The molecule has 0 aromatic heterocycles. The molecule has 2 aromatic rings. The molecule has 4 rings (SSSR count). The molecule has 0 saturated carbocycles. The predicted octanol–water partition coefficient (Wildman–Crippen LogP) is 3.92. The normalized spacial score (nSPS) is 19.8. The fourth-order valence-electron chi connectivity index (χ4n) is 4.70. The van der Waals surface area contributed by atoms with Gasteiger partial charge in [-0.1, -0.05) is 36.4 Å². The van der Waals surface area contributed by atoms with Crippen LogP contribution in [0.1, 0.15) is 41.6 Å². The van der Waals surface area contributed by atoms with Crippen LogP contribution in [0.25, 0.3) is 0 Å². The predicted molar refractivity (Wildman–Crippen MR) is 107 cm³/mol. The molecule has 0 radical (unpaired) electrons. The second-order valence-electron chi connectivity index (χ2n) is 7.62. The van der Waals surface area contributed by atoms with Crippen LogP contribution < -0.4 is 4.74 Å². The van der Waals surface area contributed by atoms with Gasteiger partial charge in [-0.25, -0.2) is 0 Å². The molecule has 2 aromatic carbocycles. The number of methoxy groups -OCH3 is 1. The fraction of sp³-hybridized carbons (Fsp3) is 0.435. The lowest BCUT2D eigenvalue weighted by molar-refractivity contribution is 0.0294. The molecule has 2 heterocycles. The van der Waals surface area contributed by atoms with Gasteiger partial charge in [-0.05, 0) is 62.5 Å². The van der Waals surface area contributed by atoms with Crippen LogP contribution in [0, 0.1) is 0 Å². The summed E-state index contributed by atoms with van der Waals surface area (Å²) >= 11 is 0. The third-order valence-corrected chi connectivity index (χ3v) is 6.22. The Balaban J connectivity index is 1.54. The molecule has 4 nitrogen and oxygen atoms in total. The summed E-state index contributed by atoms with van der Waals surface area (Å²) in [5.74, 6) is 0.838. The number of hydrogen-bond donors (Lipinski definition) is 0. The Bertz CT molecular complexity index is 776. The molecule has 1 amide bonds. The minimum atomic E-state index is 0.0723. The van der Waals surface area contributed by atoms with Crippen molar-refractivity contribution < 1.29 is 9.53 Å². The minimum absolute atomic E-state index is 0.0723. The van der Waals surface area contributed by atoms with E-state index in [1.807, 2.05) is 29.2 Å². The Morgan fingerprint density at radius 2 is 1.63 bits per heavy atom. The first kappa shape index (κ1) is 18.1. The minimum Gasteiger partial charge on any atom is -0.497 e. The Morgan fingerprint density at radius 3 is 2.30 bits per heavy atom. The zero-order valence-corrected chi connectivity index (χ0v) is 16.1. The van der Waals surface area contributed by atoms with Gasteiger partial charge in [-0.15, -0.1) is 0 Å². The summed E-state index contributed by atoms with van der Waals surface area (Å²) < 4.78 is 5.27. The van der Waals surface area contributed by atoms with Gasteiger partial charge in [0.05, 0.1) is 7.11 Å². The lowest BCUT2D eigenvalue weighted by atomic mass is 9.79. The van der Waals surface area contributed by atoms with Crippen molar-refractivity contribution in [3.05, 3.63) is 65.7 Å². The van der Waals surface area contributed by atoms with E-state index in [0.717, 1.165) is 31.7 Å². The van der Waals surface area contributed by atoms with Gasteiger partial charge < -0.3 is 9.64 Å². The van der Waals surface area contributed by atoms with Gasteiger partial charge in [0, 0.05) is 24.2 Å². The van der Waals surface area contributed by atoms with Crippen LogP contribution >= 0.6 is 0 Å². The largest absolute Gasteiger partial charge is 0.497 e. The Kier molecular flexibility index (Phi) is 5.17. The van der Waals surface area contributed by atoms with Crippen LogP contribution in [-0.2, 0) is 5.54 Å². The molecule has 2 saturated heterocycles. The van der Waals surface area contributed by atoms with Crippen molar-refractivity contribution in [3.8, 4) is 5.75 Å². The molecule has 4 heteroatoms. The number of ether oxygens (including phenoxy) is 1. The molecule has 27 heavy (non-hydrogen) atoms. The third-order valence-electron chi connectivity index (χ3n) is 6.22. The number of carbonyl (C=O) groups excluding carboxylic acids is 1. The lowest BCUT2D eigenvalue weighted by Crippen LogP contribution is -2.53. The van der Waals surface area contributed by atoms with E-state index in [1.54, 1.807) is 7.11 Å². The van der Waals surface area contributed by atoms with Gasteiger partial charge in [0.25, 0.3) is 5.91 Å². The SMILES string of the molecule is COc1cccc(C(=O)N2CCC(c3ccccc3)(N3CCCC3)CC2)c1. The van der Waals surface area contributed by atoms with Crippen LogP contribution in [0.15, 0.2) is 54.6 Å². The van der Waals surface area contributed by atoms with Gasteiger partial charge in [0.2, 0.25) is 0 Å². The summed E-state index contributed by atoms with van der Waals surface area (Å²) in [6, 6.07) is 18.4. The number of rotatable bonds is 4. The molecular weight excluding hydrogens is 336 g/mol. The van der Waals surface area contributed by atoms with E-state index in [2.05, 4.69) is 35.2 Å². The van der Waals surface area contributed by atoms with Gasteiger partial charge in [-0.2, -0.15) is 0 Å². The maximum Gasteiger partial charge on any atom is 0.253 e. The first-order chi connectivity index (χ1) is 13.2. The number of piperidine rings is 1. The Hall–Kier alpha value is -2.33. The van der Waals surface area contributed by atoms with E-state index < -0.39 is 0 Å². The zero-order valence-electron chi connectivity index (χ0n) is 16.1. The van der Waals surface area contributed by atoms with Crippen LogP contribution in [0.2, 0.25) is 0 Å². The molecule has 2 aliphatic rings. The standard InChI is InChI=1S/C23H28N2O2/c1-27-21-11-7-8-19(18-21)22(26)24-16-12-23(13-17-24,25-14-5-6-15-25)20-9-3-2-4-10-20/h2-4,7-11,18H,5-6,12-17H2,1H3. The Labute approximate surface area is 161 Å². The summed E-state index contributed by atoms with van der Waals surface area (Å²) in [7, 11) is 1.63. The summed E-state index contributed by atoms with van der Waals surface area (Å²) in [5, 5.41) is 0. The number of benzene rings is 2. The molecule has 0 bridgehead atoms. The quantitative estimate of drug-likeness (QED) is 0.824. The molecule has 2 aliphatic heterocycles.